The molecule has 6 rings (SSSR count). The van der Waals surface area contributed by atoms with Crippen molar-refractivity contribution in [3.63, 3.8) is 0 Å². The molecule has 0 spiro atoms. The minimum absolute atomic E-state index is 0.0485. The van der Waals surface area contributed by atoms with Gasteiger partial charge in [0.1, 0.15) is 5.37 Å². The van der Waals surface area contributed by atoms with Gasteiger partial charge in [-0.25, -0.2) is 14.6 Å². The highest BCUT2D eigenvalue weighted by Crippen LogP contribution is 2.42. The minimum Gasteiger partial charge on any atom is -0.273 e. The first-order valence-corrected chi connectivity index (χ1v) is 14.2. The van der Waals surface area contributed by atoms with E-state index in [1.54, 1.807) is 16.7 Å². The average molecular weight is 573 g/mol. The van der Waals surface area contributed by atoms with Gasteiger partial charge in [0.25, 0.3) is 0 Å². The second kappa shape index (κ2) is 10.5. The summed E-state index contributed by atoms with van der Waals surface area (Å²) in [6.07, 6.45) is 0. The van der Waals surface area contributed by atoms with Crippen LogP contribution in [0.4, 0.5) is 5.95 Å². The van der Waals surface area contributed by atoms with Gasteiger partial charge in [0.15, 0.2) is 0 Å². The Balaban J connectivity index is 1.53. The fourth-order valence-electron chi connectivity index (χ4n) is 4.79. The van der Waals surface area contributed by atoms with E-state index in [0.29, 0.717) is 33.1 Å². The third kappa shape index (κ3) is 4.93. The smallest absolute Gasteiger partial charge is 0.240 e. The van der Waals surface area contributed by atoms with Crippen molar-refractivity contribution in [3.8, 4) is 28.2 Å². The summed E-state index contributed by atoms with van der Waals surface area (Å²) < 4.78 is 1.92. The Kier molecular flexibility index (Phi) is 6.89. The lowest BCUT2D eigenvalue weighted by Crippen LogP contribution is -2.30. The molecule has 2 aromatic heterocycles. The van der Waals surface area contributed by atoms with Crippen LogP contribution in [-0.2, 0) is 4.79 Å². The fourth-order valence-corrected chi connectivity index (χ4v) is 6.19. The van der Waals surface area contributed by atoms with Gasteiger partial charge in [-0.15, -0.1) is 11.8 Å². The van der Waals surface area contributed by atoms with Crippen molar-refractivity contribution in [1.29, 1.82) is 0 Å². The Hall–Kier alpha value is -3.65. The number of aromatic nitrogens is 4. The van der Waals surface area contributed by atoms with Crippen LogP contribution in [0.1, 0.15) is 22.3 Å². The number of hydrogen-bond donors (Lipinski definition) is 0. The van der Waals surface area contributed by atoms with E-state index in [1.807, 2.05) is 103 Å². The van der Waals surface area contributed by atoms with Crippen LogP contribution in [0.25, 0.3) is 28.2 Å². The minimum atomic E-state index is -0.266. The molecule has 1 amide bonds. The van der Waals surface area contributed by atoms with E-state index in [-0.39, 0.29) is 11.3 Å². The van der Waals surface area contributed by atoms with Crippen molar-refractivity contribution in [2.45, 2.75) is 19.2 Å². The number of para-hydroxylation sites is 1. The maximum absolute atomic E-state index is 13.3. The standard InChI is InChI=1S/C30H23Cl2N5OS/c1-18-28(19(2)37(35-18)24-6-4-3-5-7-24)26-16-25(20-8-12-22(31)13-9-20)33-30(34-26)36-27(38)17-39-29(36)21-10-14-23(32)15-11-21/h3-16,29H,17H2,1-2H3. The molecular weight excluding hydrogens is 549 g/mol. The van der Waals surface area contributed by atoms with Crippen LogP contribution >= 0.6 is 35.0 Å². The van der Waals surface area contributed by atoms with Gasteiger partial charge >= 0.3 is 0 Å². The quantitative estimate of drug-likeness (QED) is 0.216. The predicted molar refractivity (Wildman–Crippen MR) is 159 cm³/mol. The lowest BCUT2D eigenvalue weighted by atomic mass is 10.1. The van der Waals surface area contributed by atoms with E-state index >= 15 is 0 Å². The number of rotatable bonds is 5. The summed E-state index contributed by atoms with van der Waals surface area (Å²) in [7, 11) is 0. The van der Waals surface area contributed by atoms with Crippen molar-refractivity contribution >= 4 is 46.8 Å². The molecule has 1 unspecified atom stereocenters. The van der Waals surface area contributed by atoms with E-state index in [0.717, 1.165) is 33.8 Å². The zero-order valence-corrected chi connectivity index (χ0v) is 23.5. The molecule has 9 heteroatoms. The van der Waals surface area contributed by atoms with Crippen LogP contribution in [0.5, 0.6) is 0 Å². The molecule has 3 aromatic carbocycles. The van der Waals surface area contributed by atoms with Gasteiger partial charge in [-0.1, -0.05) is 65.7 Å². The van der Waals surface area contributed by atoms with E-state index in [4.69, 9.17) is 38.3 Å². The number of anilines is 1. The van der Waals surface area contributed by atoms with Crippen LogP contribution < -0.4 is 4.90 Å². The van der Waals surface area contributed by atoms with Crippen molar-refractivity contribution in [1.82, 2.24) is 19.7 Å². The van der Waals surface area contributed by atoms with Crippen LogP contribution in [0.3, 0.4) is 0 Å². The number of carbonyl (C=O) groups is 1. The zero-order valence-electron chi connectivity index (χ0n) is 21.2. The summed E-state index contributed by atoms with van der Waals surface area (Å²) in [6.45, 7) is 4.00. The summed E-state index contributed by atoms with van der Waals surface area (Å²) in [4.78, 5) is 24.8. The number of carbonyl (C=O) groups excluding carboxylic acids is 1. The van der Waals surface area contributed by atoms with Crippen LogP contribution in [0.2, 0.25) is 10.0 Å². The zero-order chi connectivity index (χ0) is 27.1. The first-order chi connectivity index (χ1) is 18.9. The second-order valence-electron chi connectivity index (χ2n) is 9.22. The number of aryl methyl sites for hydroxylation is 1. The fraction of sp³-hybridized carbons (Fsp3) is 0.133. The Bertz CT molecular complexity index is 1670. The molecule has 6 nitrogen and oxygen atoms in total. The van der Waals surface area contributed by atoms with Crippen molar-refractivity contribution in [3.05, 3.63) is 112 Å². The van der Waals surface area contributed by atoms with Crippen LogP contribution in [0.15, 0.2) is 84.9 Å². The summed E-state index contributed by atoms with van der Waals surface area (Å²) in [5, 5.41) is 5.84. The molecule has 1 saturated heterocycles. The molecule has 1 fully saturated rings. The number of amides is 1. The summed E-state index contributed by atoms with van der Waals surface area (Å²) >= 11 is 13.9. The van der Waals surface area contributed by atoms with Gasteiger partial charge in [-0.2, -0.15) is 5.10 Å². The maximum Gasteiger partial charge on any atom is 0.240 e. The van der Waals surface area contributed by atoms with E-state index in [1.165, 1.54) is 0 Å². The van der Waals surface area contributed by atoms with E-state index in [9.17, 15) is 4.79 Å². The molecule has 0 radical (unpaired) electrons. The highest BCUT2D eigenvalue weighted by atomic mass is 35.5. The van der Waals surface area contributed by atoms with Gasteiger partial charge in [-0.05, 0) is 61.9 Å². The van der Waals surface area contributed by atoms with Crippen molar-refractivity contribution < 1.29 is 4.79 Å². The summed E-state index contributed by atoms with van der Waals surface area (Å²) in [6, 6.07) is 27.0. The molecule has 0 bridgehead atoms. The van der Waals surface area contributed by atoms with Gasteiger partial charge in [0.05, 0.1) is 34.2 Å². The number of thioether (sulfide) groups is 1. The average Bonchev–Trinajstić information content (AvgIpc) is 3.48. The van der Waals surface area contributed by atoms with Gasteiger partial charge < -0.3 is 0 Å². The Morgan fingerprint density at radius 1 is 0.846 bits per heavy atom. The van der Waals surface area contributed by atoms with Crippen LogP contribution in [-0.4, -0.2) is 31.4 Å². The Labute approximate surface area is 240 Å². The molecule has 1 aliphatic rings. The number of benzene rings is 3. The van der Waals surface area contributed by atoms with E-state index < -0.39 is 0 Å². The Morgan fingerprint density at radius 3 is 2.18 bits per heavy atom. The maximum atomic E-state index is 13.3. The third-order valence-electron chi connectivity index (χ3n) is 6.64. The third-order valence-corrected chi connectivity index (χ3v) is 8.36. The molecule has 194 valence electrons. The molecule has 3 heterocycles. The first-order valence-electron chi connectivity index (χ1n) is 12.4. The molecule has 1 aliphatic heterocycles. The lowest BCUT2D eigenvalue weighted by Gasteiger charge is -2.23. The molecule has 39 heavy (non-hydrogen) atoms. The van der Waals surface area contributed by atoms with Gasteiger partial charge in [0, 0.05) is 21.2 Å². The van der Waals surface area contributed by atoms with Gasteiger partial charge in [0.2, 0.25) is 11.9 Å². The highest BCUT2D eigenvalue weighted by molar-refractivity contribution is 8.00. The van der Waals surface area contributed by atoms with E-state index in [2.05, 4.69) is 0 Å². The summed E-state index contributed by atoms with van der Waals surface area (Å²) in [5.74, 6) is 0.632. The predicted octanol–water partition coefficient (Wildman–Crippen LogP) is 7.70. The summed E-state index contributed by atoms with van der Waals surface area (Å²) in [5.41, 5.74) is 6.87. The molecule has 0 saturated carbocycles. The topological polar surface area (TPSA) is 63.9 Å². The number of hydrogen-bond acceptors (Lipinski definition) is 5. The SMILES string of the molecule is Cc1nn(-c2ccccc2)c(C)c1-c1cc(-c2ccc(Cl)cc2)nc(N2C(=O)CSC2c2ccc(Cl)cc2)n1. The van der Waals surface area contributed by atoms with Crippen LogP contribution in [0, 0.1) is 13.8 Å². The molecule has 0 aliphatic carbocycles. The molecule has 5 aromatic rings. The highest BCUT2D eigenvalue weighted by Gasteiger charge is 2.36. The Morgan fingerprint density at radius 2 is 1.49 bits per heavy atom. The molecule has 1 atom stereocenters. The van der Waals surface area contributed by atoms with Crippen molar-refractivity contribution in [2.24, 2.45) is 0 Å². The van der Waals surface area contributed by atoms with Gasteiger partial charge in [-0.3, -0.25) is 9.69 Å². The molecule has 0 N–H and O–H groups in total. The first kappa shape index (κ1) is 25.6. The molecular formula is C30H23Cl2N5OS. The second-order valence-corrected chi connectivity index (χ2v) is 11.2. The lowest BCUT2D eigenvalue weighted by molar-refractivity contribution is -0.115. The number of nitrogens with zero attached hydrogens (tertiary/aromatic N) is 5. The monoisotopic (exact) mass is 571 g/mol. The largest absolute Gasteiger partial charge is 0.273 e. The number of halogens is 2. The normalized spacial score (nSPS) is 15.2. The van der Waals surface area contributed by atoms with Crippen molar-refractivity contribution in [2.75, 3.05) is 10.7 Å².